The third-order valence-corrected chi connectivity index (χ3v) is 2.13. The Morgan fingerprint density at radius 2 is 1.61 bits per heavy atom. The zero-order chi connectivity index (χ0) is 14.2. The highest BCUT2D eigenvalue weighted by Gasteiger charge is 2.13. The first-order chi connectivity index (χ1) is 8.20. The fourth-order valence-corrected chi connectivity index (χ4v) is 1.31. The Kier molecular flexibility index (Phi) is 7.59. The topological polar surface area (TPSA) is 70.2 Å². The Balaban J connectivity index is 3.59. The van der Waals surface area contributed by atoms with Gasteiger partial charge in [-0.05, 0) is 33.1 Å². The molecule has 0 saturated carbocycles. The van der Waals surface area contributed by atoms with Crippen molar-refractivity contribution in [2.45, 2.75) is 46.6 Å². The van der Waals surface area contributed by atoms with Crippen molar-refractivity contribution in [3.05, 3.63) is 0 Å². The fraction of sp³-hybridized carbons (Fsp3) is 0.846. The predicted molar refractivity (Wildman–Crippen MR) is 73.2 cm³/mol. The molecular formula is C13H27N3O2. The minimum Gasteiger partial charge on any atom is -0.355 e. The van der Waals surface area contributed by atoms with E-state index < -0.39 is 0 Å². The SMILES string of the molecule is CC(C)CCNC(=O)CNCC(=O)NC(C)(C)C. The van der Waals surface area contributed by atoms with Gasteiger partial charge in [-0.1, -0.05) is 13.8 Å². The number of hydrogen-bond donors (Lipinski definition) is 3. The van der Waals surface area contributed by atoms with Crippen molar-refractivity contribution in [3.8, 4) is 0 Å². The van der Waals surface area contributed by atoms with Crippen molar-refractivity contribution >= 4 is 11.8 Å². The third-order valence-electron chi connectivity index (χ3n) is 2.13. The molecule has 2 amide bonds. The van der Waals surface area contributed by atoms with Gasteiger partial charge in [-0.15, -0.1) is 0 Å². The molecule has 0 radical (unpaired) electrons. The first kappa shape index (κ1) is 16.9. The van der Waals surface area contributed by atoms with Crippen LogP contribution in [0.4, 0.5) is 0 Å². The van der Waals surface area contributed by atoms with Gasteiger partial charge in [-0.25, -0.2) is 0 Å². The van der Waals surface area contributed by atoms with E-state index in [0.717, 1.165) is 6.42 Å². The minimum atomic E-state index is -0.238. The summed E-state index contributed by atoms with van der Waals surface area (Å²) in [7, 11) is 0. The van der Waals surface area contributed by atoms with Crippen LogP contribution >= 0.6 is 0 Å². The molecule has 0 aromatic carbocycles. The van der Waals surface area contributed by atoms with Crippen LogP contribution in [-0.2, 0) is 9.59 Å². The molecule has 3 N–H and O–H groups in total. The summed E-state index contributed by atoms with van der Waals surface area (Å²) >= 11 is 0. The summed E-state index contributed by atoms with van der Waals surface area (Å²) in [6.45, 7) is 11.0. The number of hydrogen-bond acceptors (Lipinski definition) is 3. The molecule has 5 nitrogen and oxygen atoms in total. The van der Waals surface area contributed by atoms with Gasteiger partial charge in [-0.2, -0.15) is 0 Å². The Bertz CT molecular complexity index is 270. The molecule has 18 heavy (non-hydrogen) atoms. The fourth-order valence-electron chi connectivity index (χ4n) is 1.31. The van der Waals surface area contributed by atoms with Gasteiger partial charge in [0, 0.05) is 12.1 Å². The second-order valence-electron chi connectivity index (χ2n) is 5.93. The van der Waals surface area contributed by atoms with Crippen molar-refractivity contribution in [2.75, 3.05) is 19.6 Å². The summed E-state index contributed by atoms with van der Waals surface area (Å²) in [6.07, 6.45) is 0.969. The van der Waals surface area contributed by atoms with Gasteiger partial charge in [0.15, 0.2) is 0 Å². The number of amides is 2. The molecule has 0 saturated heterocycles. The van der Waals surface area contributed by atoms with Gasteiger partial charge in [0.1, 0.15) is 0 Å². The van der Waals surface area contributed by atoms with Gasteiger partial charge in [0.25, 0.3) is 0 Å². The lowest BCUT2D eigenvalue weighted by Crippen LogP contribution is -2.46. The maximum atomic E-state index is 11.4. The Morgan fingerprint density at radius 3 is 2.11 bits per heavy atom. The van der Waals surface area contributed by atoms with E-state index in [1.807, 2.05) is 20.8 Å². The van der Waals surface area contributed by atoms with Crippen molar-refractivity contribution < 1.29 is 9.59 Å². The average molecular weight is 257 g/mol. The second kappa shape index (κ2) is 8.08. The quantitative estimate of drug-likeness (QED) is 0.627. The van der Waals surface area contributed by atoms with E-state index in [0.29, 0.717) is 12.5 Å². The smallest absolute Gasteiger partial charge is 0.234 e. The Morgan fingerprint density at radius 1 is 1.06 bits per heavy atom. The highest BCUT2D eigenvalue weighted by molar-refractivity contribution is 5.81. The van der Waals surface area contributed by atoms with Gasteiger partial charge in [0.2, 0.25) is 11.8 Å². The molecule has 0 heterocycles. The van der Waals surface area contributed by atoms with E-state index in [-0.39, 0.29) is 30.4 Å². The molecule has 0 aliphatic carbocycles. The van der Waals surface area contributed by atoms with Gasteiger partial charge >= 0.3 is 0 Å². The lowest BCUT2D eigenvalue weighted by Gasteiger charge is -2.20. The number of nitrogens with one attached hydrogen (secondary N) is 3. The Hall–Kier alpha value is -1.10. The molecule has 0 aliphatic rings. The summed E-state index contributed by atoms with van der Waals surface area (Å²) in [4.78, 5) is 22.8. The summed E-state index contributed by atoms with van der Waals surface area (Å²) in [6, 6.07) is 0. The molecule has 0 aliphatic heterocycles. The van der Waals surface area contributed by atoms with E-state index >= 15 is 0 Å². The van der Waals surface area contributed by atoms with Crippen molar-refractivity contribution in [3.63, 3.8) is 0 Å². The molecule has 0 fully saturated rings. The first-order valence-electron chi connectivity index (χ1n) is 6.49. The predicted octanol–water partition coefficient (Wildman–Crippen LogP) is 0.653. The maximum absolute atomic E-state index is 11.4. The average Bonchev–Trinajstić information content (AvgIpc) is 2.13. The largest absolute Gasteiger partial charge is 0.355 e. The van der Waals surface area contributed by atoms with Crippen LogP contribution in [0.2, 0.25) is 0 Å². The standard InChI is InChI=1S/C13H27N3O2/c1-10(2)6-7-15-11(17)8-14-9-12(18)16-13(3,4)5/h10,14H,6-9H2,1-5H3,(H,15,17)(H,16,18). The highest BCUT2D eigenvalue weighted by atomic mass is 16.2. The molecular weight excluding hydrogens is 230 g/mol. The van der Waals surface area contributed by atoms with Crippen LogP contribution in [0.15, 0.2) is 0 Å². The molecule has 5 heteroatoms. The van der Waals surface area contributed by atoms with E-state index in [1.54, 1.807) is 0 Å². The normalized spacial score (nSPS) is 11.4. The van der Waals surface area contributed by atoms with Crippen molar-refractivity contribution in [1.29, 1.82) is 0 Å². The number of carbonyl (C=O) groups excluding carboxylic acids is 2. The molecule has 0 bridgehead atoms. The third kappa shape index (κ3) is 11.4. The van der Waals surface area contributed by atoms with Gasteiger partial charge in [-0.3, -0.25) is 14.9 Å². The number of carbonyl (C=O) groups is 2. The Labute approximate surface area is 110 Å². The highest BCUT2D eigenvalue weighted by Crippen LogP contribution is 1.97. The summed E-state index contributed by atoms with van der Waals surface area (Å²) in [5, 5.41) is 8.44. The summed E-state index contributed by atoms with van der Waals surface area (Å²) in [5.41, 5.74) is -0.238. The van der Waals surface area contributed by atoms with Crippen LogP contribution in [0.1, 0.15) is 41.0 Å². The zero-order valence-corrected chi connectivity index (χ0v) is 12.2. The van der Waals surface area contributed by atoms with Gasteiger partial charge < -0.3 is 10.6 Å². The summed E-state index contributed by atoms with van der Waals surface area (Å²) < 4.78 is 0. The van der Waals surface area contributed by atoms with E-state index in [1.165, 1.54) is 0 Å². The molecule has 0 aromatic rings. The molecule has 0 unspecified atom stereocenters. The molecule has 0 atom stereocenters. The zero-order valence-electron chi connectivity index (χ0n) is 12.2. The summed E-state index contributed by atoms with van der Waals surface area (Å²) in [5.74, 6) is 0.410. The van der Waals surface area contributed by atoms with Crippen LogP contribution in [0.5, 0.6) is 0 Å². The minimum absolute atomic E-state index is 0.0702. The maximum Gasteiger partial charge on any atom is 0.234 e. The number of rotatable bonds is 7. The van der Waals surface area contributed by atoms with E-state index in [2.05, 4.69) is 29.8 Å². The molecule has 0 rings (SSSR count). The lowest BCUT2D eigenvalue weighted by atomic mass is 10.1. The van der Waals surface area contributed by atoms with Crippen molar-refractivity contribution in [2.24, 2.45) is 5.92 Å². The monoisotopic (exact) mass is 257 g/mol. The van der Waals surface area contributed by atoms with Crippen LogP contribution in [-0.4, -0.2) is 37.0 Å². The van der Waals surface area contributed by atoms with Crippen molar-refractivity contribution in [1.82, 2.24) is 16.0 Å². The van der Waals surface area contributed by atoms with Crippen LogP contribution in [0.25, 0.3) is 0 Å². The molecule has 106 valence electrons. The van der Waals surface area contributed by atoms with Crippen LogP contribution in [0.3, 0.4) is 0 Å². The van der Waals surface area contributed by atoms with E-state index in [4.69, 9.17) is 0 Å². The van der Waals surface area contributed by atoms with Crippen LogP contribution < -0.4 is 16.0 Å². The van der Waals surface area contributed by atoms with E-state index in [9.17, 15) is 9.59 Å². The van der Waals surface area contributed by atoms with Crippen LogP contribution in [0, 0.1) is 5.92 Å². The second-order valence-corrected chi connectivity index (χ2v) is 5.93. The molecule has 0 aromatic heterocycles. The first-order valence-corrected chi connectivity index (χ1v) is 6.49. The molecule has 0 spiro atoms. The lowest BCUT2D eigenvalue weighted by molar-refractivity contribution is -0.122. The van der Waals surface area contributed by atoms with Gasteiger partial charge in [0.05, 0.1) is 13.1 Å².